The second-order valence-electron chi connectivity index (χ2n) is 6.76. The van der Waals surface area contributed by atoms with Gasteiger partial charge in [0.25, 0.3) is 0 Å². The number of methoxy groups -OCH3 is 1. The third-order valence-corrected chi connectivity index (χ3v) is 6.97. The molecule has 2 heterocycles. The Labute approximate surface area is 153 Å². The molecule has 0 fully saturated rings. The van der Waals surface area contributed by atoms with Gasteiger partial charge in [-0.05, 0) is 43.3 Å². The summed E-state index contributed by atoms with van der Waals surface area (Å²) in [5.74, 6) is 0.758. The van der Waals surface area contributed by atoms with Gasteiger partial charge >= 0.3 is 0 Å². The molecule has 1 aliphatic heterocycles. The van der Waals surface area contributed by atoms with E-state index in [0.717, 1.165) is 35.2 Å². The van der Waals surface area contributed by atoms with Crippen molar-refractivity contribution in [1.82, 2.24) is 9.88 Å². The molecule has 0 saturated carbocycles. The zero-order chi connectivity index (χ0) is 18.3. The second kappa shape index (κ2) is 6.45. The highest BCUT2D eigenvalue weighted by Gasteiger charge is 2.32. The quantitative estimate of drug-likeness (QED) is 0.766. The molecule has 0 bridgehead atoms. The van der Waals surface area contributed by atoms with Crippen LogP contribution in [0.5, 0.6) is 5.75 Å². The van der Waals surface area contributed by atoms with Crippen LogP contribution in [0.2, 0.25) is 0 Å². The van der Waals surface area contributed by atoms with Gasteiger partial charge in [-0.15, -0.1) is 0 Å². The summed E-state index contributed by atoms with van der Waals surface area (Å²) < 4.78 is 31.7. The number of aromatic amines is 1. The first kappa shape index (κ1) is 17.1. The third kappa shape index (κ3) is 2.79. The fourth-order valence-electron chi connectivity index (χ4n) is 3.83. The lowest BCUT2D eigenvalue weighted by Crippen LogP contribution is -2.31. The minimum absolute atomic E-state index is 0.0214. The van der Waals surface area contributed by atoms with Crippen molar-refractivity contribution in [1.29, 1.82) is 0 Å². The predicted octanol–water partition coefficient (Wildman–Crippen LogP) is 3.18. The van der Waals surface area contributed by atoms with Crippen LogP contribution in [0.15, 0.2) is 53.6 Å². The standard InChI is InChI=1S/C20H22N2O3S/c1-22-11-10-14-12-21-16-8-9-18(25-2)20(19(14)16)17(22)13-26(23,24)15-6-4-3-5-7-15/h3-9,12,17,21H,10-11,13H2,1-2H3. The first-order valence-electron chi connectivity index (χ1n) is 8.66. The molecule has 6 heteroatoms. The lowest BCUT2D eigenvalue weighted by Gasteiger charge is -2.28. The number of likely N-dealkylation sites (N-methyl/N-ethyl adjacent to an activating group) is 1. The SMILES string of the molecule is COc1ccc2[nH]cc3c2c1C(CS(=O)(=O)c1ccccc1)N(C)CC3. The van der Waals surface area contributed by atoms with Gasteiger partial charge in [0.05, 0.1) is 23.8 Å². The van der Waals surface area contributed by atoms with E-state index >= 15 is 0 Å². The number of H-pyrrole nitrogens is 1. The van der Waals surface area contributed by atoms with Crippen LogP contribution in [0.4, 0.5) is 0 Å². The van der Waals surface area contributed by atoms with Gasteiger partial charge in [0.2, 0.25) is 0 Å². The van der Waals surface area contributed by atoms with E-state index in [4.69, 9.17) is 4.74 Å². The van der Waals surface area contributed by atoms with Crippen molar-refractivity contribution in [2.75, 3.05) is 26.5 Å². The second-order valence-corrected chi connectivity index (χ2v) is 8.79. The third-order valence-electron chi connectivity index (χ3n) is 5.23. The molecule has 0 saturated heterocycles. The Morgan fingerprint density at radius 2 is 1.96 bits per heavy atom. The highest BCUT2D eigenvalue weighted by Crippen LogP contribution is 2.40. The van der Waals surface area contributed by atoms with Crippen molar-refractivity contribution in [3.8, 4) is 5.75 Å². The van der Waals surface area contributed by atoms with Gasteiger partial charge in [-0.1, -0.05) is 18.2 Å². The number of aromatic nitrogens is 1. The molecule has 1 unspecified atom stereocenters. The van der Waals surface area contributed by atoms with E-state index in [1.807, 2.05) is 31.4 Å². The summed E-state index contributed by atoms with van der Waals surface area (Å²) in [4.78, 5) is 5.79. The Hall–Kier alpha value is -2.31. The maximum Gasteiger partial charge on any atom is 0.180 e. The topological polar surface area (TPSA) is 62.4 Å². The van der Waals surface area contributed by atoms with E-state index in [1.165, 1.54) is 5.56 Å². The molecule has 5 nitrogen and oxygen atoms in total. The first-order valence-corrected chi connectivity index (χ1v) is 10.3. The van der Waals surface area contributed by atoms with Crippen molar-refractivity contribution in [3.63, 3.8) is 0 Å². The molecule has 0 spiro atoms. The van der Waals surface area contributed by atoms with E-state index < -0.39 is 9.84 Å². The summed E-state index contributed by atoms with van der Waals surface area (Å²) in [5, 5.41) is 1.10. The number of sulfone groups is 1. The molecule has 4 rings (SSSR count). The molecule has 1 aromatic heterocycles. The molecule has 1 atom stereocenters. The summed E-state index contributed by atoms with van der Waals surface area (Å²) in [7, 11) is 0.198. The van der Waals surface area contributed by atoms with E-state index in [9.17, 15) is 8.42 Å². The number of benzene rings is 2. The summed E-state index contributed by atoms with van der Waals surface area (Å²) in [6.07, 6.45) is 2.90. The maximum atomic E-state index is 13.1. The van der Waals surface area contributed by atoms with Crippen LogP contribution in [0.3, 0.4) is 0 Å². The predicted molar refractivity (Wildman–Crippen MR) is 102 cm³/mol. The largest absolute Gasteiger partial charge is 0.496 e. The van der Waals surface area contributed by atoms with Crippen molar-refractivity contribution < 1.29 is 13.2 Å². The number of hydrogen-bond donors (Lipinski definition) is 1. The fraction of sp³-hybridized carbons (Fsp3) is 0.300. The molecule has 3 aromatic rings. The summed E-state index contributed by atoms with van der Waals surface area (Å²) >= 11 is 0. The van der Waals surface area contributed by atoms with E-state index in [1.54, 1.807) is 31.4 Å². The van der Waals surface area contributed by atoms with Gasteiger partial charge in [-0.25, -0.2) is 8.42 Å². The molecular weight excluding hydrogens is 348 g/mol. The molecule has 0 aliphatic carbocycles. The smallest absolute Gasteiger partial charge is 0.180 e. The molecule has 136 valence electrons. The average Bonchev–Trinajstić information content (AvgIpc) is 3.01. The average molecular weight is 370 g/mol. The van der Waals surface area contributed by atoms with Crippen LogP contribution >= 0.6 is 0 Å². The van der Waals surface area contributed by atoms with Crippen molar-refractivity contribution in [2.45, 2.75) is 17.4 Å². The monoisotopic (exact) mass is 370 g/mol. The Kier molecular flexibility index (Phi) is 4.25. The first-order chi connectivity index (χ1) is 12.5. The highest BCUT2D eigenvalue weighted by molar-refractivity contribution is 7.91. The molecule has 0 amide bonds. The van der Waals surface area contributed by atoms with Gasteiger partial charge in [0, 0.05) is 29.2 Å². The van der Waals surface area contributed by atoms with E-state index in [-0.39, 0.29) is 11.8 Å². The number of nitrogens with one attached hydrogen (secondary N) is 1. The Morgan fingerprint density at radius 1 is 1.19 bits per heavy atom. The van der Waals surface area contributed by atoms with Crippen LogP contribution in [-0.4, -0.2) is 44.8 Å². The van der Waals surface area contributed by atoms with Gasteiger partial charge < -0.3 is 9.72 Å². The van der Waals surface area contributed by atoms with E-state index in [0.29, 0.717) is 4.90 Å². The zero-order valence-electron chi connectivity index (χ0n) is 14.9. The van der Waals surface area contributed by atoms with Crippen molar-refractivity contribution >= 4 is 20.7 Å². The molecule has 1 aliphatic rings. The molecule has 26 heavy (non-hydrogen) atoms. The highest BCUT2D eigenvalue weighted by atomic mass is 32.2. The molecular formula is C20H22N2O3S. The maximum absolute atomic E-state index is 13.1. The summed E-state index contributed by atoms with van der Waals surface area (Å²) in [6.45, 7) is 0.791. The van der Waals surface area contributed by atoms with Gasteiger partial charge in [0.1, 0.15) is 5.75 Å². The van der Waals surface area contributed by atoms with Crippen molar-refractivity contribution in [3.05, 3.63) is 59.8 Å². The van der Waals surface area contributed by atoms with Crippen LogP contribution in [-0.2, 0) is 16.3 Å². The number of hydrogen-bond acceptors (Lipinski definition) is 4. The Balaban J connectivity index is 1.87. The molecule has 2 aromatic carbocycles. The van der Waals surface area contributed by atoms with Crippen molar-refractivity contribution in [2.24, 2.45) is 0 Å². The van der Waals surface area contributed by atoms with Gasteiger partial charge in [-0.2, -0.15) is 0 Å². The zero-order valence-corrected chi connectivity index (χ0v) is 15.7. The minimum atomic E-state index is -3.42. The molecule has 0 radical (unpaired) electrons. The molecule has 1 N–H and O–H groups in total. The Morgan fingerprint density at radius 3 is 2.69 bits per heavy atom. The lowest BCUT2D eigenvalue weighted by atomic mass is 10.00. The van der Waals surface area contributed by atoms with Gasteiger partial charge in [-0.3, -0.25) is 4.90 Å². The van der Waals surface area contributed by atoms with E-state index in [2.05, 4.69) is 9.88 Å². The Bertz CT molecular complexity index is 1040. The minimum Gasteiger partial charge on any atom is -0.496 e. The van der Waals surface area contributed by atoms with Crippen LogP contribution in [0.1, 0.15) is 17.2 Å². The van der Waals surface area contributed by atoms with Crippen LogP contribution in [0.25, 0.3) is 10.9 Å². The summed E-state index contributed by atoms with van der Waals surface area (Å²) in [5.41, 5.74) is 3.19. The number of rotatable bonds is 4. The fourth-order valence-corrected chi connectivity index (χ4v) is 5.43. The number of nitrogens with zero attached hydrogens (tertiary/aromatic N) is 1. The van der Waals surface area contributed by atoms with Crippen LogP contribution < -0.4 is 4.74 Å². The number of ether oxygens (including phenoxy) is 1. The van der Waals surface area contributed by atoms with Crippen LogP contribution in [0, 0.1) is 0 Å². The summed E-state index contributed by atoms with van der Waals surface area (Å²) in [6, 6.07) is 12.3. The normalized spacial score (nSPS) is 18.0. The lowest BCUT2D eigenvalue weighted by molar-refractivity contribution is 0.265. The van der Waals surface area contributed by atoms with Gasteiger partial charge in [0.15, 0.2) is 9.84 Å².